The minimum absolute atomic E-state index is 0.601. The van der Waals surface area contributed by atoms with Crippen LogP contribution in [0.2, 0.25) is 0 Å². The lowest BCUT2D eigenvalue weighted by molar-refractivity contribution is -0.280. The summed E-state index contributed by atoms with van der Waals surface area (Å²) >= 11 is 5.75. The van der Waals surface area contributed by atoms with Crippen LogP contribution < -0.4 is 4.74 Å². The van der Waals surface area contributed by atoms with Crippen LogP contribution in [0.5, 0.6) is 5.75 Å². The molecule has 0 N–H and O–H groups in total. The minimum Gasteiger partial charge on any atom is -0.497 e. The first-order valence-electron chi connectivity index (χ1n) is 6.79. The summed E-state index contributed by atoms with van der Waals surface area (Å²) in [4.78, 5) is 0. The maximum absolute atomic E-state index is 5.97. The summed E-state index contributed by atoms with van der Waals surface area (Å²) in [6.07, 6.45) is 3.77. The molecule has 0 aliphatic carbocycles. The number of rotatable bonds is 6. The molecule has 106 valence electrons. The van der Waals surface area contributed by atoms with Crippen LogP contribution in [0.3, 0.4) is 0 Å². The van der Waals surface area contributed by atoms with Gasteiger partial charge in [-0.15, -0.1) is 11.6 Å². The molecule has 1 aromatic rings. The van der Waals surface area contributed by atoms with E-state index in [9.17, 15) is 0 Å². The predicted molar refractivity (Wildman–Crippen MR) is 75.8 cm³/mol. The molecule has 0 atom stereocenters. The zero-order chi connectivity index (χ0) is 13.6. The summed E-state index contributed by atoms with van der Waals surface area (Å²) in [6.45, 7) is 1.49. The van der Waals surface area contributed by atoms with Gasteiger partial charge in [0.2, 0.25) is 0 Å². The summed E-state index contributed by atoms with van der Waals surface area (Å²) in [5, 5.41) is 0. The van der Waals surface area contributed by atoms with Crippen molar-refractivity contribution in [1.82, 2.24) is 0 Å². The van der Waals surface area contributed by atoms with E-state index < -0.39 is 5.79 Å². The molecular formula is C15H21ClO3. The molecule has 1 heterocycles. The molecule has 1 saturated heterocycles. The summed E-state index contributed by atoms with van der Waals surface area (Å²) in [6, 6.07) is 7.93. The van der Waals surface area contributed by atoms with Gasteiger partial charge in [0.1, 0.15) is 5.75 Å². The van der Waals surface area contributed by atoms with E-state index in [2.05, 4.69) is 0 Å². The summed E-state index contributed by atoms with van der Waals surface area (Å²) in [5.74, 6) is 0.922. The van der Waals surface area contributed by atoms with E-state index >= 15 is 0 Å². The third-order valence-corrected chi connectivity index (χ3v) is 3.65. The van der Waals surface area contributed by atoms with Gasteiger partial charge in [0.25, 0.3) is 0 Å². The Kier molecular flexibility index (Phi) is 5.49. The van der Waals surface area contributed by atoms with Crippen molar-refractivity contribution in [3.63, 3.8) is 0 Å². The Hall–Kier alpha value is -0.770. The first kappa shape index (κ1) is 14.6. The minimum atomic E-state index is -0.601. The number of methoxy groups -OCH3 is 1. The van der Waals surface area contributed by atoms with Gasteiger partial charge in [0.15, 0.2) is 5.79 Å². The van der Waals surface area contributed by atoms with Gasteiger partial charge in [-0.1, -0.05) is 0 Å². The SMILES string of the molecule is COc1ccc(C2(CCCCCl)OCCCO2)cc1. The highest BCUT2D eigenvalue weighted by Gasteiger charge is 2.36. The highest BCUT2D eigenvalue weighted by molar-refractivity contribution is 6.17. The fourth-order valence-electron chi connectivity index (χ4n) is 2.33. The van der Waals surface area contributed by atoms with E-state index in [1.807, 2.05) is 24.3 Å². The van der Waals surface area contributed by atoms with Gasteiger partial charge < -0.3 is 14.2 Å². The van der Waals surface area contributed by atoms with Crippen molar-refractivity contribution in [3.05, 3.63) is 29.8 Å². The van der Waals surface area contributed by atoms with E-state index in [0.717, 1.165) is 50.2 Å². The van der Waals surface area contributed by atoms with Crippen LogP contribution in [0.4, 0.5) is 0 Å². The molecule has 0 amide bonds. The Morgan fingerprint density at radius 3 is 2.42 bits per heavy atom. The number of unbranched alkanes of at least 4 members (excludes halogenated alkanes) is 1. The van der Waals surface area contributed by atoms with Gasteiger partial charge in [-0.25, -0.2) is 0 Å². The highest BCUT2D eigenvalue weighted by atomic mass is 35.5. The fourth-order valence-corrected chi connectivity index (χ4v) is 2.52. The molecule has 0 aromatic heterocycles. The summed E-state index contributed by atoms with van der Waals surface area (Å²) in [5.41, 5.74) is 1.06. The van der Waals surface area contributed by atoms with Gasteiger partial charge >= 0.3 is 0 Å². The Morgan fingerprint density at radius 2 is 1.84 bits per heavy atom. The molecule has 4 heteroatoms. The molecule has 0 unspecified atom stereocenters. The van der Waals surface area contributed by atoms with Crippen LogP contribution in [0, 0.1) is 0 Å². The molecule has 0 bridgehead atoms. The Balaban J connectivity index is 2.14. The van der Waals surface area contributed by atoms with Crippen molar-refractivity contribution in [2.24, 2.45) is 0 Å². The van der Waals surface area contributed by atoms with Crippen molar-refractivity contribution in [2.45, 2.75) is 31.5 Å². The van der Waals surface area contributed by atoms with Crippen molar-refractivity contribution in [3.8, 4) is 5.75 Å². The average molecular weight is 285 g/mol. The van der Waals surface area contributed by atoms with Crippen LogP contribution in [0.25, 0.3) is 0 Å². The van der Waals surface area contributed by atoms with Crippen molar-refractivity contribution >= 4 is 11.6 Å². The zero-order valence-electron chi connectivity index (χ0n) is 11.4. The topological polar surface area (TPSA) is 27.7 Å². The lowest BCUT2D eigenvalue weighted by Crippen LogP contribution is -2.38. The molecule has 1 aliphatic heterocycles. The van der Waals surface area contributed by atoms with Gasteiger partial charge in [0.05, 0.1) is 20.3 Å². The lowest BCUT2D eigenvalue weighted by Gasteiger charge is -2.37. The first-order valence-corrected chi connectivity index (χ1v) is 7.32. The highest BCUT2D eigenvalue weighted by Crippen LogP contribution is 2.36. The molecule has 0 radical (unpaired) electrons. The second-order valence-electron chi connectivity index (χ2n) is 4.68. The van der Waals surface area contributed by atoms with Crippen LogP contribution in [0.15, 0.2) is 24.3 Å². The monoisotopic (exact) mass is 284 g/mol. The summed E-state index contributed by atoms with van der Waals surface area (Å²) in [7, 11) is 1.67. The van der Waals surface area contributed by atoms with Crippen molar-refractivity contribution in [2.75, 3.05) is 26.2 Å². The van der Waals surface area contributed by atoms with E-state index in [1.54, 1.807) is 7.11 Å². The van der Waals surface area contributed by atoms with Gasteiger partial charge in [-0.05, 0) is 43.5 Å². The number of alkyl halides is 1. The second kappa shape index (κ2) is 7.13. The number of ether oxygens (including phenoxy) is 3. The molecule has 1 aromatic carbocycles. The average Bonchev–Trinajstić information content (AvgIpc) is 2.49. The maximum atomic E-state index is 5.97. The van der Waals surface area contributed by atoms with Crippen LogP contribution in [-0.4, -0.2) is 26.2 Å². The van der Waals surface area contributed by atoms with Crippen LogP contribution in [-0.2, 0) is 15.3 Å². The second-order valence-corrected chi connectivity index (χ2v) is 5.06. The first-order chi connectivity index (χ1) is 9.30. The van der Waals surface area contributed by atoms with Crippen molar-refractivity contribution in [1.29, 1.82) is 0 Å². The number of benzene rings is 1. The standard InChI is InChI=1S/C15H21ClO3/c1-17-14-7-5-13(6-8-14)15(9-2-3-10-16)18-11-4-12-19-15/h5-8H,2-4,9-12H2,1H3. The number of hydrogen-bond acceptors (Lipinski definition) is 3. The predicted octanol–water partition coefficient (Wildman–Crippen LogP) is 3.69. The maximum Gasteiger partial charge on any atom is 0.194 e. The molecule has 0 saturated carbocycles. The fraction of sp³-hybridized carbons (Fsp3) is 0.600. The van der Waals surface area contributed by atoms with E-state index in [1.165, 1.54) is 0 Å². The van der Waals surface area contributed by atoms with Gasteiger partial charge in [-0.2, -0.15) is 0 Å². The Morgan fingerprint density at radius 1 is 1.16 bits per heavy atom. The lowest BCUT2D eigenvalue weighted by atomic mass is 9.98. The largest absolute Gasteiger partial charge is 0.497 e. The third-order valence-electron chi connectivity index (χ3n) is 3.38. The van der Waals surface area contributed by atoms with E-state index in [4.69, 9.17) is 25.8 Å². The molecule has 3 nitrogen and oxygen atoms in total. The summed E-state index contributed by atoms with van der Waals surface area (Å²) < 4.78 is 17.1. The number of hydrogen-bond donors (Lipinski definition) is 0. The van der Waals surface area contributed by atoms with Crippen molar-refractivity contribution < 1.29 is 14.2 Å². The van der Waals surface area contributed by atoms with E-state index in [-0.39, 0.29) is 0 Å². The molecular weight excluding hydrogens is 264 g/mol. The molecule has 19 heavy (non-hydrogen) atoms. The molecule has 1 fully saturated rings. The van der Waals surface area contributed by atoms with Gasteiger partial charge in [0, 0.05) is 17.9 Å². The zero-order valence-corrected chi connectivity index (χ0v) is 12.1. The van der Waals surface area contributed by atoms with Crippen LogP contribution in [0.1, 0.15) is 31.2 Å². The smallest absolute Gasteiger partial charge is 0.194 e. The molecule has 2 rings (SSSR count). The van der Waals surface area contributed by atoms with Gasteiger partial charge in [-0.3, -0.25) is 0 Å². The third kappa shape index (κ3) is 3.62. The Labute approximate surface area is 119 Å². The Bertz CT molecular complexity index is 371. The quantitative estimate of drug-likeness (QED) is 0.589. The molecule has 0 spiro atoms. The van der Waals surface area contributed by atoms with Crippen LogP contribution >= 0.6 is 11.6 Å². The number of halogens is 1. The normalized spacial score (nSPS) is 18.2. The van der Waals surface area contributed by atoms with E-state index in [0.29, 0.717) is 5.88 Å². The molecule has 1 aliphatic rings.